The quantitative estimate of drug-likeness (QED) is 0.678. The number of methoxy groups -OCH3 is 1. The minimum absolute atomic E-state index is 0.0267. The van der Waals surface area contributed by atoms with E-state index in [9.17, 15) is 4.79 Å². The molecule has 1 aromatic carbocycles. The van der Waals surface area contributed by atoms with Crippen LogP contribution >= 0.6 is 11.8 Å². The van der Waals surface area contributed by atoms with Crippen LogP contribution in [-0.4, -0.2) is 40.7 Å². The number of hydrogen-bond acceptors (Lipinski definition) is 6. The first-order valence-corrected chi connectivity index (χ1v) is 10.7. The predicted octanol–water partition coefficient (Wildman–Crippen LogP) is 2.73. The van der Waals surface area contributed by atoms with Crippen LogP contribution < -0.4 is 15.2 Å². The van der Waals surface area contributed by atoms with E-state index in [0.717, 1.165) is 58.9 Å². The van der Waals surface area contributed by atoms with Gasteiger partial charge in [0, 0.05) is 54.5 Å². The number of nitrogens with zero attached hydrogens (tertiary/aromatic N) is 4. The molecule has 0 aliphatic carbocycles. The Kier molecular flexibility index (Phi) is 4.47. The first-order valence-electron chi connectivity index (χ1n) is 9.56. The summed E-state index contributed by atoms with van der Waals surface area (Å²) in [7, 11) is 1.68. The summed E-state index contributed by atoms with van der Waals surface area (Å²) in [6.07, 6.45) is 2.81. The van der Waals surface area contributed by atoms with Gasteiger partial charge in [-0.05, 0) is 35.6 Å². The van der Waals surface area contributed by atoms with Crippen molar-refractivity contribution in [3.05, 3.63) is 58.1 Å². The molecule has 7 heteroatoms. The van der Waals surface area contributed by atoms with Crippen molar-refractivity contribution in [3.63, 3.8) is 0 Å². The van der Waals surface area contributed by atoms with Crippen molar-refractivity contribution >= 4 is 28.4 Å². The van der Waals surface area contributed by atoms with Gasteiger partial charge in [-0.2, -0.15) is 16.9 Å². The minimum Gasteiger partial charge on any atom is -0.497 e. The maximum Gasteiger partial charge on any atom is 0.267 e. The number of thioether (sulfide) groups is 1. The molecule has 4 heterocycles. The molecule has 0 bridgehead atoms. The summed E-state index contributed by atoms with van der Waals surface area (Å²) in [5.41, 5.74) is 4.38. The van der Waals surface area contributed by atoms with Gasteiger partial charge in [-0.25, -0.2) is 4.68 Å². The van der Waals surface area contributed by atoms with Gasteiger partial charge in [0.2, 0.25) is 0 Å². The van der Waals surface area contributed by atoms with E-state index in [4.69, 9.17) is 4.74 Å². The van der Waals surface area contributed by atoms with E-state index in [1.54, 1.807) is 17.9 Å². The molecule has 0 saturated carbocycles. The SMILES string of the molecule is COc1ccc2nccc(N3CC(Cn4nc5c(cc4=O)CSCC5)C3)c2c1. The first-order chi connectivity index (χ1) is 13.7. The molecule has 3 aromatic rings. The summed E-state index contributed by atoms with van der Waals surface area (Å²) < 4.78 is 7.04. The van der Waals surface area contributed by atoms with Crippen LogP contribution in [0.15, 0.2) is 41.3 Å². The number of pyridine rings is 1. The number of aryl methyl sites for hydroxylation is 1. The highest BCUT2D eigenvalue weighted by Gasteiger charge is 2.29. The average molecular weight is 395 g/mol. The summed E-state index contributed by atoms with van der Waals surface area (Å²) in [4.78, 5) is 19.2. The lowest BCUT2D eigenvalue weighted by atomic mass is 9.98. The highest BCUT2D eigenvalue weighted by Crippen LogP contribution is 2.33. The molecule has 6 nitrogen and oxygen atoms in total. The van der Waals surface area contributed by atoms with Crippen molar-refractivity contribution in [1.82, 2.24) is 14.8 Å². The summed E-state index contributed by atoms with van der Waals surface area (Å²) >= 11 is 1.87. The van der Waals surface area contributed by atoms with Gasteiger partial charge in [0.15, 0.2) is 0 Å². The van der Waals surface area contributed by atoms with Crippen molar-refractivity contribution in [3.8, 4) is 5.75 Å². The van der Waals surface area contributed by atoms with Gasteiger partial charge < -0.3 is 9.64 Å². The number of aromatic nitrogens is 3. The van der Waals surface area contributed by atoms with Crippen molar-refractivity contribution in [2.45, 2.75) is 18.7 Å². The number of rotatable bonds is 4. The zero-order valence-electron chi connectivity index (χ0n) is 15.8. The molecule has 1 fully saturated rings. The Balaban J connectivity index is 1.33. The Morgan fingerprint density at radius 2 is 2.14 bits per heavy atom. The number of ether oxygens (including phenoxy) is 1. The predicted molar refractivity (Wildman–Crippen MR) is 112 cm³/mol. The molecular formula is C21H22N4O2S. The molecule has 0 unspecified atom stereocenters. The van der Waals surface area contributed by atoms with Gasteiger partial charge in [0.25, 0.3) is 5.56 Å². The second kappa shape index (κ2) is 7.13. The van der Waals surface area contributed by atoms with Gasteiger partial charge in [-0.3, -0.25) is 9.78 Å². The lowest BCUT2D eigenvalue weighted by molar-refractivity contribution is 0.333. The molecule has 2 aliphatic rings. The Labute approximate surface area is 167 Å². The van der Waals surface area contributed by atoms with E-state index in [-0.39, 0.29) is 5.56 Å². The summed E-state index contributed by atoms with van der Waals surface area (Å²) in [6, 6.07) is 9.81. The molecule has 2 aliphatic heterocycles. The molecule has 144 valence electrons. The van der Waals surface area contributed by atoms with E-state index in [1.807, 2.05) is 36.2 Å². The highest BCUT2D eigenvalue weighted by atomic mass is 32.2. The normalized spacial score (nSPS) is 16.7. The van der Waals surface area contributed by atoms with E-state index < -0.39 is 0 Å². The number of benzene rings is 1. The van der Waals surface area contributed by atoms with Gasteiger partial charge in [-0.1, -0.05) is 0 Å². The molecule has 0 spiro atoms. The van der Waals surface area contributed by atoms with Crippen LogP contribution in [0.1, 0.15) is 11.3 Å². The van der Waals surface area contributed by atoms with Gasteiger partial charge >= 0.3 is 0 Å². The molecule has 28 heavy (non-hydrogen) atoms. The molecular weight excluding hydrogens is 372 g/mol. The minimum atomic E-state index is 0.0267. The smallest absolute Gasteiger partial charge is 0.267 e. The Hall–Kier alpha value is -2.54. The largest absolute Gasteiger partial charge is 0.497 e. The fourth-order valence-corrected chi connectivity index (χ4v) is 4.98. The second-order valence-corrected chi connectivity index (χ2v) is 8.53. The Morgan fingerprint density at radius 1 is 1.25 bits per heavy atom. The van der Waals surface area contributed by atoms with Crippen molar-refractivity contribution in [1.29, 1.82) is 0 Å². The van der Waals surface area contributed by atoms with Gasteiger partial charge in [-0.15, -0.1) is 0 Å². The first kappa shape index (κ1) is 17.6. The number of anilines is 1. The van der Waals surface area contributed by atoms with Crippen molar-refractivity contribution in [2.24, 2.45) is 5.92 Å². The topological polar surface area (TPSA) is 60.2 Å². The zero-order valence-corrected chi connectivity index (χ0v) is 16.6. The maximum atomic E-state index is 12.4. The summed E-state index contributed by atoms with van der Waals surface area (Å²) in [6.45, 7) is 2.51. The van der Waals surface area contributed by atoms with Crippen LogP contribution in [0.25, 0.3) is 10.9 Å². The Morgan fingerprint density at radius 3 is 3.00 bits per heavy atom. The van der Waals surface area contributed by atoms with Crippen LogP contribution in [0.3, 0.4) is 0 Å². The van der Waals surface area contributed by atoms with Crippen LogP contribution in [0, 0.1) is 5.92 Å². The van der Waals surface area contributed by atoms with Gasteiger partial charge in [0.1, 0.15) is 5.75 Å². The summed E-state index contributed by atoms with van der Waals surface area (Å²) in [5, 5.41) is 5.75. The standard InChI is InChI=1S/C21H22N4O2S/c1-27-16-2-3-19-17(9-16)20(4-6-22-19)24-10-14(11-24)12-25-21(26)8-15-13-28-7-5-18(15)23-25/h2-4,6,8-9,14H,5,7,10-13H2,1H3. The molecule has 0 atom stereocenters. The zero-order chi connectivity index (χ0) is 19.1. The lowest BCUT2D eigenvalue weighted by Gasteiger charge is -2.41. The van der Waals surface area contributed by atoms with Crippen molar-refractivity contribution in [2.75, 3.05) is 30.9 Å². The average Bonchev–Trinajstić information content (AvgIpc) is 2.70. The third-order valence-electron chi connectivity index (χ3n) is 5.56. The maximum absolute atomic E-state index is 12.4. The highest BCUT2D eigenvalue weighted by molar-refractivity contribution is 7.98. The Bertz CT molecular complexity index is 1090. The molecule has 0 N–H and O–H groups in total. The lowest BCUT2D eigenvalue weighted by Crippen LogP contribution is -2.50. The van der Waals surface area contributed by atoms with Gasteiger partial charge in [0.05, 0.1) is 24.9 Å². The van der Waals surface area contributed by atoms with E-state index in [2.05, 4.69) is 21.0 Å². The third kappa shape index (κ3) is 3.13. The monoisotopic (exact) mass is 394 g/mol. The van der Waals surface area contributed by atoms with Crippen LogP contribution in [0.2, 0.25) is 0 Å². The molecule has 0 radical (unpaired) electrons. The van der Waals surface area contributed by atoms with Crippen LogP contribution in [-0.2, 0) is 18.7 Å². The fourth-order valence-electron chi connectivity index (χ4n) is 4.02. The number of fused-ring (bicyclic) bond motifs is 2. The number of hydrogen-bond donors (Lipinski definition) is 0. The second-order valence-electron chi connectivity index (χ2n) is 7.42. The third-order valence-corrected chi connectivity index (χ3v) is 6.57. The fraction of sp³-hybridized carbons (Fsp3) is 0.381. The molecule has 5 rings (SSSR count). The van der Waals surface area contributed by atoms with E-state index in [0.29, 0.717) is 12.5 Å². The molecule has 0 amide bonds. The van der Waals surface area contributed by atoms with Crippen molar-refractivity contribution < 1.29 is 4.74 Å². The van der Waals surface area contributed by atoms with E-state index >= 15 is 0 Å². The molecule has 2 aromatic heterocycles. The van der Waals surface area contributed by atoms with Crippen LogP contribution in [0.4, 0.5) is 5.69 Å². The molecule has 1 saturated heterocycles. The summed E-state index contributed by atoms with van der Waals surface area (Å²) in [5.74, 6) is 3.26. The van der Waals surface area contributed by atoms with Crippen LogP contribution in [0.5, 0.6) is 5.75 Å². The van der Waals surface area contributed by atoms with E-state index in [1.165, 1.54) is 5.69 Å².